The van der Waals surface area contributed by atoms with Gasteiger partial charge in [-0.05, 0) is 79.8 Å². The summed E-state index contributed by atoms with van der Waals surface area (Å²) in [5.41, 5.74) is 7.00. The van der Waals surface area contributed by atoms with Crippen LogP contribution in [0.25, 0.3) is 11.1 Å². The number of carbonyl (C=O) groups excluding carboxylic acids is 2. The van der Waals surface area contributed by atoms with Crippen LogP contribution >= 0.6 is 0 Å². The van der Waals surface area contributed by atoms with Gasteiger partial charge in [0.2, 0.25) is 12.7 Å². The van der Waals surface area contributed by atoms with Crippen LogP contribution in [0.15, 0.2) is 66.7 Å². The standard InChI is InChI=1S/C29H29FN2O6/c1-29(2,16-18-3-10-22(30)11-4-18)32(23(28(35)36)12-14-26(31)33)27(34)20-7-5-19(6-8-20)21-9-13-24-25(15-21)38-17-37-24/h3-11,13,15,23H,12,14,16-17H2,1-2H3,(H2,31,33)(H,35,36)/t23-/m0/s1. The number of ether oxygens (including phenoxy) is 2. The van der Waals surface area contributed by atoms with E-state index in [1.54, 1.807) is 50.2 Å². The summed E-state index contributed by atoms with van der Waals surface area (Å²) in [5, 5.41) is 10.1. The summed E-state index contributed by atoms with van der Waals surface area (Å²) < 4.78 is 24.3. The Morgan fingerprint density at radius 1 is 0.974 bits per heavy atom. The molecule has 1 aliphatic heterocycles. The third-order valence-electron chi connectivity index (χ3n) is 6.52. The number of aliphatic carboxylic acids is 1. The highest BCUT2D eigenvalue weighted by molar-refractivity contribution is 5.97. The fourth-order valence-electron chi connectivity index (χ4n) is 4.69. The summed E-state index contributed by atoms with van der Waals surface area (Å²) in [5.74, 6) is -1.51. The maximum atomic E-state index is 13.9. The number of hydrogen-bond donors (Lipinski definition) is 2. The Bertz CT molecular complexity index is 1340. The van der Waals surface area contributed by atoms with E-state index in [2.05, 4.69) is 0 Å². The molecule has 8 nitrogen and oxygen atoms in total. The van der Waals surface area contributed by atoms with Crippen LogP contribution in [0.4, 0.5) is 4.39 Å². The fourth-order valence-corrected chi connectivity index (χ4v) is 4.69. The number of carbonyl (C=O) groups is 3. The van der Waals surface area contributed by atoms with Gasteiger partial charge >= 0.3 is 5.97 Å². The van der Waals surface area contributed by atoms with Crippen LogP contribution in [0.1, 0.15) is 42.6 Å². The van der Waals surface area contributed by atoms with Gasteiger partial charge in [0, 0.05) is 17.5 Å². The van der Waals surface area contributed by atoms with Gasteiger partial charge in [-0.1, -0.05) is 30.3 Å². The molecule has 9 heteroatoms. The van der Waals surface area contributed by atoms with E-state index in [4.69, 9.17) is 15.2 Å². The molecule has 0 aliphatic carbocycles. The van der Waals surface area contributed by atoms with Gasteiger partial charge in [0.15, 0.2) is 11.5 Å². The molecule has 0 aromatic heterocycles. The van der Waals surface area contributed by atoms with Crippen molar-refractivity contribution in [3.8, 4) is 22.6 Å². The molecule has 4 rings (SSSR count). The number of primary amides is 1. The molecule has 2 amide bonds. The first kappa shape index (κ1) is 26.7. The smallest absolute Gasteiger partial charge is 0.326 e. The molecule has 1 heterocycles. The molecule has 3 aromatic carbocycles. The van der Waals surface area contributed by atoms with E-state index in [9.17, 15) is 23.9 Å². The van der Waals surface area contributed by atoms with Crippen LogP contribution < -0.4 is 15.2 Å². The summed E-state index contributed by atoms with van der Waals surface area (Å²) in [6.07, 6.45) is -0.0797. The Morgan fingerprint density at radius 3 is 2.24 bits per heavy atom. The van der Waals surface area contributed by atoms with Crippen LogP contribution in [-0.4, -0.2) is 46.2 Å². The Hall–Kier alpha value is -4.40. The second-order valence-electron chi connectivity index (χ2n) is 9.80. The lowest BCUT2D eigenvalue weighted by atomic mass is 9.89. The average Bonchev–Trinajstić information content (AvgIpc) is 3.35. The van der Waals surface area contributed by atoms with E-state index in [-0.39, 0.29) is 31.6 Å². The van der Waals surface area contributed by atoms with Crippen LogP contribution in [0.5, 0.6) is 11.5 Å². The monoisotopic (exact) mass is 520 g/mol. The Balaban J connectivity index is 1.66. The highest BCUT2D eigenvalue weighted by atomic mass is 19.1. The SMILES string of the molecule is CC(C)(Cc1ccc(F)cc1)N(C(=O)c1ccc(-c2ccc3c(c2)OCO3)cc1)[C@@H](CCC(N)=O)C(=O)O. The Morgan fingerprint density at radius 2 is 1.61 bits per heavy atom. The molecule has 0 bridgehead atoms. The Kier molecular flexibility index (Phi) is 7.66. The van der Waals surface area contributed by atoms with Crippen molar-refractivity contribution in [1.29, 1.82) is 0 Å². The van der Waals surface area contributed by atoms with Gasteiger partial charge in [-0.2, -0.15) is 0 Å². The van der Waals surface area contributed by atoms with E-state index >= 15 is 0 Å². The largest absolute Gasteiger partial charge is 0.480 e. The summed E-state index contributed by atoms with van der Waals surface area (Å²) in [6, 6.07) is 16.9. The van der Waals surface area contributed by atoms with Crippen molar-refractivity contribution in [2.45, 2.75) is 44.7 Å². The lowest BCUT2D eigenvalue weighted by Gasteiger charge is -2.42. The fraction of sp³-hybridized carbons (Fsp3) is 0.276. The Labute approximate surface area is 219 Å². The van der Waals surface area contributed by atoms with Crippen molar-refractivity contribution < 1.29 is 33.4 Å². The van der Waals surface area contributed by atoms with Crippen LogP contribution in [0, 0.1) is 5.82 Å². The highest BCUT2D eigenvalue weighted by Crippen LogP contribution is 2.36. The number of benzene rings is 3. The zero-order valence-electron chi connectivity index (χ0n) is 21.1. The first-order valence-electron chi connectivity index (χ1n) is 12.1. The number of halogens is 1. The molecule has 1 atom stereocenters. The zero-order chi connectivity index (χ0) is 27.4. The lowest BCUT2D eigenvalue weighted by molar-refractivity contribution is -0.144. The molecule has 1 aliphatic rings. The summed E-state index contributed by atoms with van der Waals surface area (Å²) in [7, 11) is 0. The van der Waals surface area contributed by atoms with Crippen molar-refractivity contribution in [1.82, 2.24) is 4.90 Å². The van der Waals surface area contributed by atoms with Crippen molar-refractivity contribution in [3.05, 3.63) is 83.7 Å². The molecule has 0 radical (unpaired) electrons. The lowest BCUT2D eigenvalue weighted by Crippen LogP contribution is -2.57. The van der Waals surface area contributed by atoms with Gasteiger partial charge in [-0.3, -0.25) is 9.59 Å². The van der Waals surface area contributed by atoms with Crippen molar-refractivity contribution in [2.24, 2.45) is 5.73 Å². The molecule has 198 valence electrons. The third-order valence-corrected chi connectivity index (χ3v) is 6.52. The molecule has 0 saturated heterocycles. The summed E-state index contributed by atoms with van der Waals surface area (Å²) >= 11 is 0. The number of nitrogens with zero attached hydrogens (tertiary/aromatic N) is 1. The maximum absolute atomic E-state index is 13.9. The number of rotatable bonds is 10. The molecule has 3 N–H and O–H groups in total. The van der Waals surface area contributed by atoms with Crippen molar-refractivity contribution >= 4 is 17.8 Å². The summed E-state index contributed by atoms with van der Waals surface area (Å²) in [6.45, 7) is 3.65. The quantitative estimate of drug-likeness (QED) is 0.409. The number of nitrogens with two attached hydrogens (primary N) is 1. The van der Waals surface area contributed by atoms with Gasteiger partial charge < -0.3 is 25.2 Å². The molecule has 0 fully saturated rings. The van der Waals surface area contributed by atoms with Gasteiger partial charge in [0.1, 0.15) is 11.9 Å². The van der Waals surface area contributed by atoms with E-state index in [0.717, 1.165) is 16.7 Å². The molecule has 38 heavy (non-hydrogen) atoms. The zero-order valence-corrected chi connectivity index (χ0v) is 21.1. The molecular formula is C29H29FN2O6. The van der Waals surface area contributed by atoms with Gasteiger partial charge in [-0.25, -0.2) is 9.18 Å². The second-order valence-corrected chi connectivity index (χ2v) is 9.80. The first-order valence-corrected chi connectivity index (χ1v) is 12.1. The topological polar surface area (TPSA) is 119 Å². The minimum Gasteiger partial charge on any atom is -0.480 e. The average molecular weight is 521 g/mol. The number of carboxylic acid groups (broad SMARTS) is 1. The van der Waals surface area contributed by atoms with E-state index in [0.29, 0.717) is 11.5 Å². The van der Waals surface area contributed by atoms with Gasteiger partial charge in [0.25, 0.3) is 5.91 Å². The number of carboxylic acids is 1. The normalized spacial score (nSPS) is 13.1. The molecule has 0 spiro atoms. The van der Waals surface area contributed by atoms with Crippen LogP contribution in [-0.2, 0) is 16.0 Å². The maximum Gasteiger partial charge on any atom is 0.326 e. The first-order chi connectivity index (χ1) is 18.0. The number of hydrogen-bond acceptors (Lipinski definition) is 5. The third kappa shape index (κ3) is 5.94. The van der Waals surface area contributed by atoms with Crippen LogP contribution in [0.2, 0.25) is 0 Å². The van der Waals surface area contributed by atoms with Crippen molar-refractivity contribution in [3.63, 3.8) is 0 Å². The number of amides is 2. The molecular weight excluding hydrogens is 491 g/mol. The molecule has 0 unspecified atom stereocenters. The second kappa shape index (κ2) is 10.9. The van der Waals surface area contributed by atoms with Gasteiger partial charge in [-0.15, -0.1) is 0 Å². The number of fused-ring (bicyclic) bond motifs is 1. The molecule has 3 aromatic rings. The van der Waals surface area contributed by atoms with Crippen LogP contribution in [0.3, 0.4) is 0 Å². The van der Waals surface area contributed by atoms with E-state index in [1.165, 1.54) is 17.0 Å². The predicted molar refractivity (Wildman–Crippen MR) is 138 cm³/mol. The predicted octanol–water partition coefficient (Wildman–Crippen LogP) is 4.40. The van der Waals surface area contributed by atoms with Gasteiger partial charge in [0.05, 0.1) is 0 Å². The minimum atomic E-state index is -1.31. The van der Waals surface area contributed by atoms with E-state index in [1.807, 2.05) is 18.2 Å². The summed E-state index contributed by atoms with van der Waals surface area (Å²) in [4.78, 5) is 39.0. The minimum absolute atomic E-state index is 0.140. The highest BCUT2D eigenvalue weighted by Gasteiger charge is 2.40. The van der Waals surface area contributed by atoms with E-state index < -0.39 is 35.2 Å². The van der Waals surface area contributed by atoms with Crippen molar-refractivity contribution in [2.75, 3.05) is 6.79 Å². The molecule has 0 saturated carbocycles.